The van der Waals surface area contributed by atoms with Crippen molar-refractivity contribution in [2.24, 2.45) is 11.8 Å². The molecule has 0 aromatic carbocycles. The Bertz CT molecular complexity index is 290. The molecule has 1 heterocycles. The number of nitrogens with zero attached hydrogens (tertiary/aromatic N) is 1. The van der Waals surface area contributed by atoms with Crippen LogP contribution in [-0.2, 0) is 9.53 Å². The van der Waals surface area contributed by atoms with Gasteiger partial charge in [0.15, 0.2) is 0 Å². The molecule has 19 heavy (non-hydrogen) atoms. The molecule has 2 aliphatic rings. The van der Waals surface area contributed by atoms with E-state index in [4.69, 9.17) is 4.74 Å². The lowest BCUT2D eigenvalue weighted by atomic mass is 9.96. The molecular weight excluding hydrogens is 240 g/mol. The summed E-state index contributed by atoms with van der Waals surface area (Å²) < 4.78 is 5.16. The molecule has 0 aromatic heterocycles. The van der Waals surface area contributed by atoms with Crippen LogP contribution in [0.15, 0.2) is 0 Å². The zero-order valence-corrected chi connectivity index (χ0v) is 12.4. The second-order valence-electron chi connectivity index (χ2n) is 6.09. The van der Waals surface area contributed by atoms with Crippen LogP contribution in [0.25, 0.3) is 0 Å². The zero-order chi connectivity index (χ0) is 13.7. The molecule has 2 fully saturated rings. The first-order valence-corrected chi connectivity index (χ1v) is 7.73. The standard InChI is InChI=1S/C15H28N2O2/c1-12-5-3-7-14(12)15(18)17(9-10-19-2)11-13-6-4-8-16-13/h12-14,16H,3-11H2,1-2H3. The summed E-state index contributed by atoms with van der Waals surface area (Å²) in [5.41, 5.74) is 0. The highest BCUT2D eigenvalue weighted by atomic mass is 16.5. The van der Waals surface area contributed by atoms with Gasteiger partial charge in [-0.15, -0.1) is 0 Å². The van der Waals surface area contributed by atoms with Gasteiger partial charge in [-0.2, -0.15) is 0 Å². The summed E-state index contributed by atoms with van der Waals surface area (Å²) in [4.78, 5) is 14.7. The second-order valence-corrected chi connectivity index (χ2v) is 6.09. The first-order valence-electron chi connectivity index (χ1n) is 7.73. The molecule has 4 heteroatoms. The van der Waals surface area contributed by atoms with Crippen molar-refractivity contribution in [2.75, 3.05) is 33.4 Å². The Morgan fingerprint density at radius 2 is 2.16 bits per heavy atom. The van der Waals surface area contributed by atoms with E-state index in [0.717, 1.165) is 26.1 Å². The first kappa shape index (κ1) is 14.8. The molecule has 0 bridgehead atoms. The Labute approximate surface area is 116 Å². The Morgan fingerprint density at radius 3 is 2.74 bits per heavy atom. The van der Waals surface area contributed by atoms with Gasteiger partial charge in [-0.05, 0) is 38.1 Å². The van der Waals surface area contributed by atoms with Crippen LogP contribution in [0.5, 0.6) is 0 Å². The van der Waals surface area contributed by atoms with Gasteiger partial charge in [0, 0.05) is 32.2 Å². The maximum Gasteiger partial charge on any atom is 0.226 e. The van der Waals surface area contributed by atoms with Gasteiger partial charge in [0.2, 0.25) is 5.91 Å². The molecule has 1 saturated carbocycles. The number of hydrogen-bond acceptors (Lipinski definition) is 3. The molecule has 1 aliphatic heterocycles. The van der Waals surface area contributed by atoms with Crippen molar-refractivity contribution in [1.82, 2.24) is 10.2 Å². The van der Waals surface area contributed by atoms with Gasteiger partial charge in [-0.3, -0.25) is 4.79 Å². The minimum absolute atomic E-state index is 0.248. The van der Waals surface area contributed by atoms with Gasteiger partial charge >= 0.3 is 0 Å². The number of nitrogens with one attached hydrogen (secondary N) is 1. The first-order chi connectivity index (χ1) is 9.22. The fourth-order valence-corrected chi connectivity index (χ4v) is 3.42. The van der Waals surface area contributed by atoms with Crippen LogP contribution >= 0.6 is 0 Å². The third kappa shape index (κ3) is 3.93. The summed E-state index contributed by atoms with van der Waals surface area (Å²) in [6.07, 6.45) is 5.91. The third-order valence-corrected chi connectivity index (χ3v) is 4.66. The van der Waals surface area contributed by atoms with Gasteiger partial charge in [0.05, 0.1) is 6.61 Å². The zero-order valence-electron chi connectivity index (χ0n) is 12.4. The molecule has 1 amide bonds. The molecule has 0 aromatic rings. The summed E-state index contributed by atoms with van der Waals surface area (Å²) in [5, 5.41) is 3.49. The van der Waals surface area contributed by atoms with E-state index in [1.807, 2.05) is 4.90 Å². The molecule has 110 valence electrons. The molecule has 3 unspecified atom stereocenters. The highest BCUT2D eigenvalue weighted by Crippen LogP contribution is 2.32. The van der Waals surface area contributed by atoms with Crippen molar-refractivity contribution in [3.8, 4) is 0 Å². The average molecular weight is 268 g/mol. The molecule has 0 spiro atoms. The molecule has 1 aliphatic carbocycles. The van der Waals surface area contributed by atoms with Crippen LogP contribution in [0.3, 0.4) is 0 Å². The van der Waals surface area contributed by atoms with Crippen molar-refractivity contribution >= 4 is 5.91 Å². The SMILES string of the molecule is COCCN(CC1CCCN1)C(=O)C1CCCC1C. The minimum Gasteiger partial charge on any atom is -0.383 e. The highest BCUT2D eigenvalue weighted by molar-refractivity contribution is 5.79. The van der Waals surface area contributed by atoms with Crippen molar-refractivity contribution in [2.45, 2.75) is 45.1 Å². The Hall–Kier alpha value is -0.610. The summed E-state index contributed by atoms with van der Waals surface area (Å²) in [6.45, 7) is 5.54. The lowest BCUT2D eigenvalue weighted by molar-refractivity contribution is -0.137. The smallest absolute Gasteiger partial charge is 0.226 e. The normalized spacial score (nSPS) is 30.7. The monoisotopic (exact) mass is 268 g/mol. The Morgan fingerprint density at radius 1 is 1.32 bits per heavy atom. The molecule has 1 saturated heterocycles. The Kier molecular flexibility index (Phi) is 5.64. The van der Waals surface area contributed by atoms with Gasteiger partial charge in [-0.1, -0.05) is 13.3 Å². The lowest BCUT2D eigenvalue weighted by Gasteiger charge is -2.29. The number of methoxy groups -OCH3 is 1. The fourth-order valence-electron chi connectivity index (χ4n) is 3.42. The van der Waals surface area contributed by atoms with E-state index in [0.29, 0.717) is 24.5 Å². The minimum atomic E-state index is 0.248. The van der Waals surface area contributed by atoms with Crippen molar-refractivity contribution in [3.63, 3.8) is 0 Å². The highest BCUT2D eigenvalue weighted by Gasteiger charge is 2.33. The number of amides is 1. The number of carbonyl (C=O) groups excluding carboxylic acids is 1. The summed E-state index contributed by atoms with van der Waals surface area (Å²) in [5.74, 6) is 1.16. The van der Waals surface area contributed by atoms with Crippen molar-refractivity contribution in [1.29, 1.82) is 0 Å². The van der Waals surface area contributed by atoms with E-state index in [9.17, 15) is 4.79 Å². The van der Waals surface area contributed by atoms with Crippen LogP contribution in [-0.4, -0.2) is 50.2 Å². The maximum absolute atomic E-state index is 12.7. The second kappa shape index (κ2) is 7.25. The van der Waals surface area contributed by atoms with Crippen LogP contribution in [0, 0.1) is 11.8 Å². The maximum atomic E-state index is 12.7. The topological polar surface area (TPSA) is 41.6 Å². The molecular formula is C15H28N2O2. The quantitative estimate of drug-likeness (QED) is 0.796. The van der Waals surface area contributed by atoms with Crippen molar-refractivity contribution in [3.05, 3.63) is 0 Å². The van der Waals surface area contributed by atoms with Gasteiger partial charge < -0.3 is 15.0 Å². The Balaban J connectivity index is 1.92. The largest absolute Gasteiger partial charge is 0.383 e. The summed E-state index contributed by atoms with van der Waals surface area (Å²) in [7, 11) is 1.70. The van der Waals surface area contributed by atoms with E-state index in [-0.39, 0.29) is 5.92 Å². The van der Waals surface area contributed by atoms with E-state index in [1.165, 1.54) is 25.7 Å². The molecule has 3 atom stereocenters. The van der Waals surface area contributed by atoms with Crippen LogP contribution in [0.2, 0.25) is 0 Å². The van der Waals surface area contributed by atoms with E-state index in [1.54, 1.807) is 7.11 Å². The lowest BCUT2D eigenvalue weighted by Crippen LogP contribution is -2.45. The van der Waals surface area contributed by atoms with E-state index in [2.05, 4.69) is 12.2 Å². The van der Waals surface area contributed by atoms with E-state index < -0.39 is 0 Å². The predicted octanol–water partition coefficient (Wildman–Crippen LogP) is 1.65. The number of rotatable bonds is 6. The molecule has 2 rings (SSSR count). The fraction of sp³-hybridized carbons (Fsp3) is 0.933. The molecule has 0 radical (unpaired) electrons. The summed E-state index contributed by atoms with van der Waals surface area (Å²) in [6, 6.07) is 0.484. The van der Waals surface area contributed by atoms with Gasteiger partial charge in [0.1, 0.15) is 0 Å². The van der Waals surface area contributed by atoms with Crippen molar-refractivity contribution < 1.29 is 9.53 Å². The average Bonchev–Trinajstić information content (AvgIpc) is 3.05. The van der Waals surface area contributed by atoms with E-state index >= 15 is 0 Å². The number of hydrogen-bond donors (Lipinski definition) is 1. The molecule has 1 N–H and O–H groups in total. The van der Waals surface area contributed by atoms with Crippen LogP contribution < -0.4 is 5.32 Å². The summed E-state index contributed by atoms with van der Waals surface area (Å²) >= 11 is 0. The number of carbonyl (C=O) groups is 1. The van der Waals surface area contributed by atoms with Gasteiger partial charge in [-0.25, -0.2) is 0 Å². The van der Waals surface area contributed by atoms with Gasteiger partial charge in [0.25, 0.3) is 0 Å². The predicted molar refractivity (Wildman–Crippen MR) is 76.0 cm³/mol. The molecule has 4 nitrogen and oxygen atoms in total. The van der Waals surface area contributed by atoms with Crippen LogP contribution in [0.4, 0.5) is 0 Å². The number of ether oxygens (including phenoxy) is 1. The third-order valence-electron chi connectivity index (χ3n) is 4.66. The van der Waals surface area contributed by atoms with Crippen LogP contribution in [0.1, 0.15) is 39.0 Å².